The van der Waals surface area contributed by atoms with Crippen LogP contribution in [0.15, 0.2) is 4.99 Å². The number of aliphatic imine (C=N–C) groups is 1. The molecule has 0 aromatic heterocycles. The first kappa shape index (κ1) is 15.2. The normalized spacial score (nSPS) is 17.1. The van der Waals surface area contributed by atoms with Gasteiger partial charge in [0.25, 0.3) is 0 Å². The number of nitrogens with one attached hydrogen (secondary N) is 2. The second kappa shape index (κ2) is 6.94. The van der Waals surface area contributed by atoms with Crippen LogP contribution in [-0.2, 0) is 10.0 Å². The summed E-state index contributed by atoms with van der Waals surface area (Å²) >= 11 is 0. The molecule has 1 aliphatic rings. The van der Waals surface area contributed by atoms with Crippen molar-refractivity contribution in [3.05, 3.63) is 0 Å². The van der Waals surface area contributed by atoms with E-state index in [1.165, 1.54) is 4.31 Å². The van der Waals surface area contributed by atoms with Crippen LogP contribution in [0.4, 0.5) is 0 Å². The minimum Gasteiger partial charge on any atom is -0.357 e. The number of hydrogen-bond acceptors (Lipinski definition) is 3. The maximum Gasteiger partial charge on any atom is 0.213 e. The predicted octanol–water partition coefficient (Wildman–Crippen LogP) is -0.157. The van der Waals surface area contributed by atoms with Crippen LogP contribution >= 0.6 is 0 Å². The van der Waals surface area contributed by atoms with E-state index in [9.17, 15) is 8.42 Å². The lowest BCUT2D eigenvalue weighted by molar-refractivity contribution is 0.208. The van der Waals surface area contributed by atoms with Crippen molar-refractivity contribution in [3.63, 3.8) is 0 Å². The first-order valence-corrected chi connectivity index (χ1v) is 8.14. The second-order valence-electron chi connectivity index (χ2n) is 4.33. The summed E-state index contributed by atoms with van der Waals surface area (Å²) in [5, 5.41) is 6.29. The summed E-state index contributed by atoms with van der Waals surface area (Å²) in [6.45, 7) is 9.24. The highest BCUT2D eigenvalue weighted by molar-refractivity contribution is 7.89. The summed E-state index contributed by atoms with van der Waals surface area (Å²) in [5.41, 5.74) is 0. The molecule has 0 bridgehead atoms. The predicted molar refractivity (Wildman–Crippen MR) is 74.2 cm³/mol. The molecular formula is C11H24N4O2S. The van der Waals surface area contributed by atoms with Crippen LogP contribution in [-0.4, -0.2) is 57.2 Å². The lowest BCUT2D eigenvalue weighted by atomic mass is 10.0. The minimum atomic E-state index is -3.00. The van der Waals surface area contributed by atoms with E-state index in [2.05, 4.69) is 15.6 Å². The molecule has 18 heavy (non-hydrogen) atoms. The smallest absolute Gasteiger partial charge is 0.213 e. The van der Waals surface area contributed by atoms with Gasteiger partial charge in [-0.15, -0.1) is 0 Å². The highest BCUT2D eigenvalue weighted by Crippen LogP contribution is 2.19. The Morgan fingerprint density at radius 3 is 2.22 bits per heavy atom. The molecule has 2 N–H and O–H groups in total. The SMILES string of the molecule is CCNC(=NCC1CN(S(=O)(=O)CC)C1)NCC. The zero-order valence-corrected chi connectivity index (χ0v) is 12.3. The molecule has 7 heteroatoms. The zero-order chi connectivity index (χ0) is 13.6. The number of guanidine groups is 1. The molecule has 6 nitrogen and oxygen atoms in total. The van der Waals surface area contributed by atoms with Gasteiger partial charge in [-0.25, -0.2) is 12.7 Å². The molecule has 0 aromatic carbocycles. The number of hydrogen-bond donors (Lipinski definition) is 2. The molecule has 1 rings (SSSR count). The Morgan fingerprint density at radius 2 is 1.78 bits per heavy atom. The summed E-state index contributed by atoms with van der Waals surface area (Å²) in [7, 11) is -3.00. The fourth-order valence-corrected chi connectivity index (χ4v) is 3.02. The van der Waals surface area contributed by atoms with Gasteiger partial charge in [0.2, 0.25) is 10.0 Å². The van der Waals surface area contributed by atoms with E-state index in [-0.39, 0.29) is 5.75 Å². The van der Waals surface area contributed by atoms with Crippen LogP contribution in [0, 0.1) is 5.92 Å². The van der Waals surface area contributed by atoms with Gasteiger partial charge in [0.1, 0.15) is 0 Å². The minimum absolute atomic E-state index is 0.184. The number of rotatable bonds is 6. The molecule has 0 aliphatic carbocycles. The maximum atomic E-state index is 11.5. The molecule has 0 atom stereocenters. The first-order chi connectivity index (χ1) is 8.53. The van der Waals surface area contributed by atoms with Crippen LogP contribution in [0.2, 0.25) is 0 Å². The second-order valence-corrected chi connectivity index (χ2v) is 6.59. The molecule has 0 unspecified atom stereocenters. The Balaban J connectivity index is 2.36. The third-order valence-corrected chi connectivity index (χ3v) is 4.69. The van der Waals surface area contributed by atoms with Gasteiger partial charge >= 0.3 is 0 Å². The van der Waals surface area contributed by atoms with Gasteiger partial charge in [-0.2, -0.15) is 0 Å². The summed E-state index contributed by atoms with van der Waals surface area (Å²) in [5.74, 6) is 1.33. The molecule has 0 saturated carbocycles. The fourth-order valence-electron chi connectivity index (χ4n) is 1.78. The molecular weight excluding hydrogens is 252 g/mol. The van der Waals surface area contributed by atoms with Crippen molar-refractivity contribution in [3.8, 4) is 0 Å². The lowest BCUT2D eigenvalue weighted by Crippen LogP contribution is -2.51. The highest BCUT2D eigenvalue weighted by atomic mass is 32.2. The Kier molecular flexibility index (Phi) is 5.87. The average Bonchev–Trinajstić information content (AvgIpc) is 2.27. The van der Waals surface area contributed by atoms with Crippen LogP contribution in [0.1, 0.15) is 20.8 Å². The number of sulfonamides is 1. The highest BCUT2D eigenvalue weighted by Gasteiger charge is 2.34. The Labute approximate surface area is 110 Å². The molecule has 1 saturated heterocycles. The van der Waals surface area contributed by atoms with E-state index in [4.69, 9.17) is 0 Å². The van der Waals surface area contributed by atoms with Crippen LogP contribution in [0.25, 0.3) is 0 Å². The van der Waals surface area contributed by atoms with E-state index in [0.29, 0.717) is 25.6 Å². The van der Waals surface area contributed by atoms with Crippen LogP contribution < -0.4 is 10.6 Å². The van der Waals surface area contributed by atoms with Gasteiger partial charge in [0, 0.05) is 38.6 Å². The topological polar surface area (TPSA) is 73.8 Å². The van der Waals surface area contributed by atoms with Crippen LogP contribution in [0.3, 0.4) is 0 Å². The van der Waals surface area contributed by atoms with E-state index in [0.717, 1.165) is 19.0 Å². The van der Waals surface area contributed by atoms with Gasteiger partial charge in [-0.3, -0.25) is 4.99 Å². The zero-order valence-electron chi connectivity index (χ0n) is 11.4. The molecule has 106 valence electrons. The van der Waals surface area contributed by atoms with E-state index in [1.807, 2.05) is 13.8 Å². The van der Waals surface area contributed by atoms with Crippen molar-refractivity contribution in [2.24, 2.45) is 10.9 Å². The molecule has 0 aromatic rings. The fraction of sp³-hybridized carbons (Fsp3) is 0.909. The van der Waals surface area contributed by atoms with Crippen molar-refractivity contribution in [1.29, 1.82) is 0 Å². The maximum absolute atomic E-state index is 11.5. The van der Waals surface area contributed by atoms with Gasteiger partial charge in [0.15, 0.2) is 5.96 Å². The third-order valence-electron chi connectivity index (χ3n) is 2.88. The molecule has 1 heterocycles. The van der Waals surface area contributed by atoms with Crippen molar-refractivity contribution >= 4 is 16.0 Å². The van der Waals surface area contributed by atoms with E-state index < -0.39 is 10.0 Å². The van der Waals surface area contributed by atoms with Gasteiger partial charge in [-0.05, 0) is 20.8 Å². The third kappa shape index (κ3) is 4.13. The molecule has 1 aliphatic heterocycles. The molecule has 0 radical (unpaired) electrons. The van der Waals surface area contributed by atoms with Gasteiger partial charge in [-0.1, -0.05) is 0 Å². The summed E-state index contributed by atoms with van der Waals surface area (Å²) < 4.78 is 24.6. The summed E-state index contributed by atoms with van der Waals surface area (Å²) in [4.78, 5) is 4.44. The Hall–Kier alpha value is -0.820. The first-order valence-electron chi connectivity index (χ1n) is 6.53. The largest absolute Gasteiger partial charge is 0.357 e. The Bertz CT molecular complexity index is 367. The molecule has 1 fully saturated rings. The van der Waals surface area contributed by atoms with E-state index >= 15 is 0 Å². The van der Waals surface area contributed by atoms with Crippen molar-refractivity contribution < 1.29 is 8.42 Å². The average molecular weight is 276 g/mol. The van der Waals surface area contributed by atoms with Gasteiger partial charge in [0.05, 0.1) is 5.75 Å². The standard InChI is InChI=1S/C11H24N4O2S/c1-4-12-11(13-5-2)14-7-10-8-15(9-10)18(16,17)6-3/h10H,4-9H2,1-3H3,(H2,12,13,14). The van der Waals surface area contributed by atoms with Crippen LogP contribution in [0.5, 0.6) is 0 Å². The van der Waals surface area contributed by atoms with E-state index in [1.54, 1.807) is 6.92 Å². The quantitative estimate of drug-likeness (QED) is 0.522. The molecule has 0 amide bonds. The van der Waals surface area contributed by atoms with Gasteiger partial charge < -0.3 is 10.6 Å². The van der Waals surface area contributed by atoms with Crippen molar-refractivity contribution in [2.75, 3.05) is 38.5 Å². The Morgan fingerprint density at radius 1 is 1.22 bits per heavy atom. The lowest BCUT2D eigenvalue weighted by Gasteiger charge is -2.37. The van der Waals surface area contributed by atoms with Crippen molar-refractivity contribution in [1.82, 2.24) is 14.9 Å². The summed E-state index contributed by atoms with van der Waals surface area (Å²) in [6, 6.07) is 0. The number of nitrogens with zero attached hydrogens (tertiary/aromatic N) is 2. The monoisotopic (exact) mass is 276 g/mol. The van der Waals surface area contributed by atoms with Crippen molar-refractivity contribution in [2.45, 2.75) is 20.8 Å². The molecule has 0 spiro atoms. The summed E-state index contributed by atoms with van der Waals surface area (Å²) in [6.07, 6.45) is 0.